The molecule has 0 N–H and O–H groups in total. The molecule has 0 aliphatic carbocycles. The highest BCUT2D eigenvalue weighted by Gasteiger charge is 2.43. The van der Waals surface area contributed by atoms with E-state index in [1.54, 1.807) is 83.1 Å². The van der Waals surface area contributed by atoms with Crippen molar-refractivity contribution in [2.24, 2.45) is 5.41 Å². The van der Waals surface area contributed by atoms with Crippen LogP contribution in [-0.4, -0.2) is 27.1 Å². The zero-order valence-electron chi connectivity index (χ0n) is 26.8. The zero-order valence-corrected chi connectivity index (χ0v) is 28.6. The average molecular weight is 657 g/mol. The Morgan fingerprint density at radius 3 is 1.83 bits per heavy atom. The van der Waals surface area contributed by atoms with Crippen LogP contribution >= 0.6 is 14.7 Å². The van der Waals surface area contributed by atoms with Crippen LogP contribution in [0.3, 0.4) is 0 Å². The lowest BCUT2D eigenvalue weighted by Gasteiger charge is -2.25. The molecule has 2 aromatic heterocycles. The molecule has 3 aromatic carbocycles. The van der Waals surface area contributed by atoms with E-state index in [1.807, 2.05) is 49.4 Å². The van der Waals surface area contributed by atoms with E-state index in [4.69, 9.17) is 9.05 Å². The Morgan fingerprint density at radius 2 is 1.24 bits per heavy atom. The number of rotatable bonds is 9. The molecule has 2 unspecified atom stereocenters. The maximum Gasteiger partial charge on any atom is 0.342 e. The molecule has 0 aliphatic heterocycles. The minimum Gasteiger partial charge on any atom is -0.435 e. The van der Waals surface area contributed by atoms with Crippen LogP contribution in [0.5, 0.6) is 5.75 Å². The fourth-order valence-electron chi connectivity index (χ4n) is 4.70. The van der Waals surface area contributed by atoms with Gasteiger partial charge in [-0.25, -0.2) is 0 Å². The molecular formula is C36H38N2O6P2. The minimum atomic E-state index is -3.75. The number of carbonyl (C=O) groups is 2. The van der Waals surface area contributed by atoms with E-state index in [-0.39, 0.29) is 6.10 Å². The zero-order chi connectivity index (χ0) is 33.5. The van der Waals surface area contributed by atoms with Crippen LogP contribution in [0.2, 0.25) is 0 Å². The van der Waals surface area contributed by atoms with Crippen LogP contribution in [0.4, 0.5) is 0 Å². The summed E-state index contributed by atoms with van der Waals surface area (Å²) in [6.07, 6.45) is 5.76. The number of fused-ring (bicyclic) bond motifs is 1. The van der Waals surface area contributed by atoms with E-state index < -0.39 is 31.2 Å². The van der Waals surface area contributed by atoms with Gasteiger partial charge in [0.05, 0.1) is 11.4 Å². The highest BCUT2D eigenvalue weighted by Crippen LogP contribution is 2.52. The van der Waals surface area contributed by atoms with Gasteiger partial charge in [0.2, 0.25) is 5.52 Å². The van der Waals surface area contributed by atoms with Crippen molar-refractivity contribution < 1.29 is 27.8 Å². The monoisotopic (exact) mass is 656 g/mol. The molecule has 0 fully saturated rings. The molecule has 238 valence electrons. The molecule has 0 aliphatic rings. The van der Waals surface area contributed by atoms with Crippen LogP contribution < -0.4 is 15.1 Å². The van der Waals surface area contributed by atoms with Crippen LogP contribution in [0, 0.1) is 12.3 Å². The normalized spacial score (nSPS) is 14.0. The summed E-state index contributed by atoms with van der Waals surface area (Å²) in [5.74, 6) is 0.370. The second-order valence-corrected chi connectivity index (χ2v) is 16.4. The Bertz CT molecular complexity index is 1910. The van der Waals surface area contributed by atoms with Gasteiger partial charge < -0.3 is 9.05 Å². The molecule has 2 heterocycles. The van der Waals surface area contributed by atoms with Crippen molar-refractivity contribution in [2.75, 3.05) is 0 Å². The summed E-state index contributed by atoms with van der Waals surface area (Å²) in [4.78, 5) is 34.0. The largest absolute Gasteiger partial charge is 0.435 e. The van der Waals surface area contributed by atoms with Crippen molar-refractivity contribution in [3.8, 4) is 5.75 Å². The molecule has 0 spiro atoms. The third kappa shape index (κ3) is 7.76. The fraction of sp³-hybridized carbons (Fsp3) is 0.222. The number of aromatic nitrogens is 2. The van der Waals surface area contributed by atoms with Gasteiger partial charge in [0, 0.05) is 41.1 Å². The van der Waals surface area contributed by atoms with Gasteiger partial charge in [0.25, 0.3) is 5.52 Å². The number of nitrogens with zero attached hydrogens (tertiary/aromatic N) is 2. The van der Waals surface area contributed by atoms with Crippen LogP contribution in [0.15, 0.2) is 116 Å². The van der Waals surface area contributed by atoms with Crippen LogP contribution in [0.1, 0.15) is 50.5 Å². The highest BCUT2D eigenvalue weighted by molar-refractivity contribution is 7.83. The maximum atomic E-state index is 13.7. The number of aryl methyl sites for hydroxylation is 1. The molecule has 5 aromatic rings. The number of benzene rings is 3. The molecule has 0 saturated heterocycles. The van der Waals surface area contributed by atoms with E-state index in [0.29, 0.717) is 21.9 Å². The fourth-order valence-corrected chi connectivity index (χ4v) is 9.15. The Morgan fingerprint density at radius 1 is 0.696 bits per heavy atom. The smallest absolute Gasteiger partial charge is 0.342 e. The third-order valence-corrected chi connectivity index (χ3v) is 12.0. The van der Waals surface area contributed by atoms with Gasteiger partial charge in [0.1, 0.15) is 5.75 Å². The summed E-state index contributed by atoms with van der Waals surface area (Å²) >= 11 is 0. The van der Waals surface area contributed by atoms with Crippen molar-refractivity contribution in [3.05, 3.63) is 127 Å². The van der Waals surface area contributed by atoms with Gasteiger partial charge >= 0.3 is 14.7 Å². The van der Waals surface area contributed by atoms with Crippen molar-refractivity contribution in [3.63, 3.8) is 0 Å². The van der Waals surface area contributed by atoms with Gasteiger partial charge in [-0.1, -0.05) is 75.4 Å². The van der Waals surface area contributed by atoms with Crippen molar-refractivity contribution in [2.45, 2.75) is 47.6 Å². The highest BCUT2D eigenvalue weighted by atomic mass is 31.2. The van der Waals surface area contributed by atoms with Gasteiger partial charge in [-0.3, -0.25) is 28.7 Å². The molecule has 8 nitrogen and oxygen atoms in total. The molecule has 0 saturated carbocycles. The third-order valence-electron chi connectivity index (χ3n) is 6.87. The molecule has 2 atom stereocenters. The predicted octanol–water partition coefficient (Wildman–Crippen LogP) is 8.35. The number of hydrogen-bond acceptors (Lipinski definition) is 8. The Hall–Kier alpha value is -4.22. The minimum absolute atomic E-state index is 0.349. The second-order valence-electron chi connectivity index (χ2n) is 11.9. The molecule has 0 bridgehead atoms. The summed E-state index contributed by atoms with van der Waals surface area (Å²) in [5, 5.41) is 2.49. The van der Waals surface area contributed by atoms with Gasteiger partial charge in [-0.05, 0) is 73.5 Å². The number of hydrogen-bond donors (Lipinski definition) is 0. The summed E-state index contributed by atoms with van der Waals surface area (Å²) in [7, 11) is -7.42. The van der Waals surface area contributed by atoms with E-state index >= 15 is 0 Å². The Kier molecular flexibility index (Phi) is 10.9. The Balaban J connectivity index is 0.000000212. The molecule has 5 rings (SSSR count). The van der Waals surface area contributed by atoms with Crippen molar-refractivity contribution in [1.82, 2.24) is 9.97 Å². The lowest BCUT2D eigenvalue weighted by atomic mass is 9.99. The van der Waals surface area contributed by atoms with E-state index in [1.165, 1.54) is 24.8 Å². The quantitative estimate of drug-likeness (QED) is 0.146. The second kappa shape index (κ2) is 14.5. The number of pyridine rings is 2. The Labute approximate surface area is 270 Å². The molecule has 46 heavy (non-hydrogen) atoms. The predicted molar refractivity (Wildman–Crippen MR) is 184 cm³/mol. The molecule has 0 amide bonds. The van der Waals surface area contributed by atoms with E-state index in [9.17, 15) is 18.7 Å². The van der Waals surface area contributed by atoms with E-state index in [0.717, 1.165) is 16.3 Å². The SMILES string of the molecule is CC(C)(C)C(=O)P(=O)(Oc1ccncc1)c1ccccc1.Cc1ccc2ccccc2c1C(=O)P(=O)(OC(C)C)c1ccncc1. The number of carbonyl (C=O) groups excluding carboxylic acids is 2. The lowest BCUT2D eigenvalue weighted by Crippen LogP contribution is -2.27. The lowest BCUT2D eigenvalue weighted by molar-refractivity contribution is -0.118. The first kappa shape index (κ1) is 34.6. The first-order chi connectivity index (χ1) is 21.8. The molecular weight excluding hydrogens is 618 g/mol. The molecule has 0 radical (unpaired) electrons. The summed E-state index contributed by atoms with van der Waals surface area (Å²) in [6, 6.07) is 26.4. The average Bonchev–Trinajstić information content (AvgIpc) is 3.05. The van der Waals surface area contributed by atoms with Crippen LogP contribution in [0.25, 0.3) is 10.8 Å². The van der Waals surface area contributed by atoms with Gasteiger partial charge in [0.15, 0.2) is 0 Å². The summed E-state index contributed by atoms with van der Waals surface area (Å²) in [6.45, 7) is 10.6. The first-order valence-corrected chi connectivity index (χ1v) is 18.0. The standard InChI is InChI=1S/C20H20NO3P.C16H18NO3P/c1-14(2)24-25(23,17-10-12-21-13-11-17)20(22)19-15(3)8-9-16-6-4-5-7-18(16)19;1-16(2,3)15(18)21(19,14-7-5-4-6-8-14)20-13-9-11-17-12-10-13/h4-14H,1-3H3;4-12H,1-3H3. The summed E-state index contributed by atoms with van der Waals surface area (Å²) < 4.78 is 38.4. The van der Waals surface area contributed by atoms with E-state index in [2.05, 4.69) is 9.97 Å². The topological polar surface area (TPSA) is 113 Å². The van der Waals surface area contributed by atoms with Gasteiger partial charge in [-0.15, -0.1) is 0 Å². The van der Waals surface area contributed by atoms with Gasteiger partial charge in [-0.2, -0.15) is 0 Å². The maximum absolute atomic E-state index is 13.7. The van der Waals surface area contributed by atoms with Crippen LogP contribution in [-0.2, 0) is 18.4 Å². The van der Waals surface area contributed by atoms with Crippen molar-refractivity contribution >= 4 is 47.2 Å². The summed E-state index contributed by atoms with van der Waals surface area (Å²) in [5.41, 5.74) is -0.401. The first-order valence-electron chi connectivity index (χ1n) is 14.8. The van der Waals surface area contributed by atoms with Crippen molar-refractivity contribution in [1.29, 1.82) is 0 Å². The molecule has 10 heteroatoms.